The molecule has 2 N–H and O–H groups in total. The summed E-state index contributed by atoms with van der Waals surface area (Å²) in [6.07, 6.45) is 4.59. The van der Waals surface area contributed by atoms with E-state index in [0.717, 1.165) is 32.0 Å². The zero-order valence-electron chi connectivity index (χ0n) is 14.3. The number of hydrogen-bond acceptors (Lipinski definition) is 4. The third kappa shape index (κ3) is 4.15. The molecule has 0 spiro atoms. The maximum atomic E-state index is 12.3. The summed E-state index contributed by atoms with van der Waals surface area (Å²) in [6.45, 7) is 3.56. The van der Waals surface area contributed by atoms with Crippen molar-refractivity contribution in [3.05, 3.63) is 24.4 Å². The Bertz CT molecular complexity index is 578. The number of guanidine groups is 1. The van der Waals surface area contributed by atoms with Crippen LogP contribution in [0.3, 0.4) is 0 Å². The third-order valence-corrected chi connectivity index (χ3v) is 4.66. The van der Waals surface area contributed by atoms with Crippen LogP contribution in [0.25, 0.3) is 0 Å². The minimum atomic E-state index is 0.154. The van der Waals surface area contributed by atoms with Gasteiger partial charge in [-0.3, -0.25) is 9.79 Å². The number of hydrogen-bond donors (Lipinski definition) is 1. The van der Waals surface area contributed by atoms with Crippen molar-refractivity contribution in [2.75, 3.05) is 44.7 Å². The Morgan fingerprint density at radius 1 is 1.33 bits per heavy atom. The van der Waals surface area contributed by atoms with E-state index in [-0.39, 0.29) is 5.91 Å². The van der Waals surface area contributed by atoms with E-state index in [0.29, 0.717) is 25.0 Å². The Morgan fingerprint density at radius 2 is 2.08 bits per heavy atom. The molecule has 7 nitrogen and oxygen atoms in total. The van der Waals surface area contributed by atoms with Crippen molar-refractivity contribution >= 4 is 17.7 Å². The molecule has 0 bridgehead atoms. The second kappa shape index (κ2) is 7.51. The van der Waals surface area contributed by atoms with Gasteiger partial charge in [0.15, 0.2) is 5.96 Å². The number of rotatable bonds is 5. The van der Waals surface area contributed by atoms with Gasteiger partial charge in [0, 0.05) is 51.9 Å². The van der Waals surface area contributed by atoms with Gasteiger partial charge in [0.25, 0.3) is 0 Å². The number of aromatic nitrogens is 1. The quantitative estimate of drug-likeness (QED) is 0.629. The summed E-state index contributed by atoms with van der Waals surface area (Å²) in [5.74, 6) is 1.68. The Hall–Kier alpha value is -2.31. The number of piperazine rings is 1. The Balaban J connectivity index is 1.41. The Labute approximate surface area is 143 Å². The first kappa shape index (κ1) is 16.5. The summed E-state index contributed by atoms with van der Waals surface area (Å²) in [5.41, 5.74) is 5.94. The standard InChI is InChI=1S/C17H26N6O/c1-21(14-5-6-14)17(18)20-9-7-16(24)23-12-10-22(11-13-23)15-4-2-3-8-19-15/h2-4,8,14H,5-7,9-13H2,1H3,(H2,18,20). The number of nitrogens with zero attached hydrogens (tertiary/aromatic N) is 5. The minimum Gasteiger partial charge on any atom is -0.370 e. The molecule has 7 heteroatoms. The van der Waals surface area contributed by atoms with E-state index >= 15 is 0 Å². The van der Waals surface area contributed by atoms with Crippen LogP contribution in [0.5, 0.6) is 0 Å². The SMILES string of the molecule is CN(C(N)=NCCC(=O)N1CCN(c2ccccn2)CC1)C1CC1. The average Bonchev–Trinajstić information content (AvgIpc) is 3.47. The van der Waals surface area contributed by atoms with Gasteiger partial charge in [0.1, 0.15) is 5.82 Å². The molecule has 1 aromatic heterocycles. The normalized spacial score (nSPS) is 18.6. The molecule has 1 saturated carbocycles. The number of carbonyl (C=O) groups excluding carboxylic acids is 1. The fourth-order valence-corrected chi connectivity index (χ4v) is 2.91. The predicted molar refractivity (Wildman–Crippen MR) is 94.9 cm³/mol. The summed E-state index contributed by atoms with van der Waals surface area (Å²) in [5, 5.41) is 0. The van der Waals surface area contributed by atoms with Crippen LogP contribution in [0.1, 0.15) is 19.3 Å². The molecule has 0 radical (unpaired) electrons. The Morgan fingerprint density at radius 3 is 2.71 bits per heavy atom. The van der Waals surface area contributed by atoms with E-state index in [1.807, 2.05) is 35.0 Å². The largest absolute Gasteiger partial charge is 0.370 e. The molecule has 1 aliphatic carbocycles. The molecule has 1 saturated heterocycles. The number of anilines is 1. The van der Waals surface area contributed by atoms with Crippen LogP contribution in [0.2, 0.25) is 0 Å². The molecule has 2 fully saturated rings. The lowest BCUT2D eigenvalue weighted by Gasteiger charge is -2.35. The molecular weight excluding hydrogens is 304 g/mol. The van der Waals surface area contributed by atoms with Crippen molar-refractivity contribution in [3.8, 4) is 0 Å². The predicted octanol–water partition coefficient (Wildman–Crippen LogP) is 0.529. The highest BCUT2D eigenvalue weighted by Gasteiger charge is 2.27. The zero-order chi connectivity index (χ0) is 16.9. The van der Waals surface area contributed by atoms with Crippen LogP contribution in [0.15, 0.2) is 29.4 Å². The molecule has 1 amide bonds. The van der Waals surface area contributed by atoms with E-state index in [4.69, 9.17) is 5.73 Å². The summed E-state index contributed by atoms with van der Waals surface area (Å²) in [7, 11) is 1.97. The van der Waals surface area contributed by atoms with Crippen molar-refractivity contribution in [1.29, 1.82) is 0 Å². The molecule has 1 aromatic rings. The van der Waals surface area contributed by atoms with Gasteiger partial charge >= 0.3 is 0 Å². The molecule has 130 valence electrons. The summed E-state index contributed by atoms with van der Waals surface area (Å²) in [6, 6.07) is 6.45. The summed E-state index contributed by atoms with van der Waals surface area (Å²) in [4.78, 5) is 27.1. The van der Waals surface area contributed by atoms with Crippen molar-refractivity contribution in [2.24, 2.45) is 10.7 Å². The highest BCUT2D eigenvalue weighted by atomic mass is 16.2. The van der Waals surface area contributed by atoms with Crippen molar-refractivity contribution in [2.45, 2.75) is 25.3 Å². The fourth-order valence-electron chi connectivity index (χ4n) is 2.91. The molecule has 3 rings (SSSR count). The molecule has 1 aliphatic heterocycles. The van der Waals surface area contributed by atoms with Gasteiger partial charge in [-0.2, -0.15) is 0 Å². The smallest absolute Gasteiger partial charge is 0.224 e. The molecule has 0 atom stereocenters. The van der Waals surface area contributed by atoms with Crippen molar-refractivity contribution in [1.82, 2.24) is 14.8 Å². The number of aliphatic imine (C=N–C) groups is 1. The topological polar surface area (TPSA) is 78.1 Å². The number of nitrogens with two attached hydrogens (primary N) is 1. The van der Waals surface area contributed by atoms with Crippen LogP contribution in [-0.4, -0.2) is 72.5 Å². The van der Waals surface area contributed by atoms with Gasteiger partial charge in [-0.05, 0) is 25.0 Å². The molecule has 2 aliphatic rings. The molecular formula is C17H26N6O. The van der Waals surface area contributed by atoms with Crippen LogP contribution in [0, 0.1) is 0 Å². The van der Waals surface area contributed by atoms with E-state index in [2.05, 4.69) is 14.9 Å². The molecule has 0 unspecified atom stereocenters. The lowest BCUT2D eigenvalue weighted by molar-refractivity contribution is -0.131. The van der Waals surface area contributed by atoms with Gasteiger partial charge < -0.3 is 20.4 Å². The highest BCUT2D eigenvalue weighted by Crippen LogP contribution is 2.24. The zero-order valence-corrected chi connectivity index (χ0v) is 14.3. The molecule has 24 heavy (non-hydrogen) atoms. The van der Waals surface area contributed by atoms with E-state index in [1.54, 1.807) is 6.20 Å². The first-order valence-electron chi connectivity index (χ1n) is 8.61. The maximum absolute atomic E-state index is 12.3. The van der Waals surface area contributed by atoms with Crippen LogP contribution in [-0.2, 0) is 4.79 Å². The number of pyridine rings is 1. The molecule has 0 aromatic carbocycles. The van der Waals surface area contributed by atoms with Crippen molar-refractivity contribution < 1.29 is 4.79 Å². The van der Waals surface area contributed by atoms with Crippen LogP contribution in [0.4, 0.5) is 5.82 Å². The van der Waals surface area contributed by atoms with Gasteiger partial charge in [-0.15, -0.1) is 0 Å². The summed E-state index contributed by atoms with van der Waals surface area (Å²) < 4.78 is 0. The van der Waals surface area contributed by atoms with Gasteiger partial charge in [-0.1, -0.05) is 6.07 Å². The molecule has 2 heterocycles. The van der Waals surface area contributed by atoms with Gasteiger partial charge in [0.05, 0.1) is 6.54 Å². The first-order chi connectivity index (χ1) is 11.6. The fraction of sp³-hybridized carbons (Fsp3) is 0.588. The van der Waals surface area contributed by atoms with E-state index in [1.165, 1.54) is 12.8 Å². The highest BCUT2D eigenvalue weighted by molar-refractivity contribution is 5.80. The lowest BCUT2D eigenvalue weighted by Crippen LogP contribution is -2.49. The minimum absolute atomic E-state index is 0.154. The average molecular weight is 330 g/mol. The summed E-state index contributed by atoms with van der Waals surface area (Å²) >= 11 is 0. The second-order valence-electron chi connectivity index (χ2n) is 6.39. The van der Waals surface area contributed by atoms with Gasteiger partial charge in [-0.25, -0.2) is 4.98 Å². The maximum Gasteiger partial charge on any atom is 0.224 e. The van der Waals surface area contributed by atoms with Crippen LogP contribution >= 0.6 is 0 Å². The number of amides is 1. The number of carbonyl (C=O) groups is 1. The third-order valence-electron chi connectivity index (χ3n) is 4.66. The second-order valence-corrected chi connectivity index (χ2v) is 6.39. The van der Waals surface area contributed by atoms with E-state index in [9.17, 15) is 4.79 Å². The lowest BCUT2D eigenvalue weighted by atomic mass is 10.2. The van der Waals surface area contributed by atoms with Gasteiger partial charge in [0.2, 0.25) is 5.91 Å². The Kier molecular flexibility index (Phi) is 5.17. The first-order valence-corrected chi connectivity index (χ1v) is 8.61. The van der Waals surface area contributed by atoms with Crippen molar-refractivity contribution in [3.63, 3.8) is 0 Å². The monoisotopic (exact) mass is 330 g/mol. The van der Waals surface area contributed by atoms with E-state index < -0.39 is 0 Å². The van der Waals surface area contributed by atoms with Crippen LogP contribution < -0.4 is 10.6 Å².